The molecule has 0 radical (unpaired) electrons. The van der Waals surface area contributed by atoms with Gasteiger partial charge in [-0.1, -0.05) is 31.1 Å². The zero-order valence-electron chi connectivity index (χ0n) is 11.9. The fraction of sp³-hybridized carbons (Fsp3) is 0.625. The van der Waals surface area contributed by atoms with Crippen LogP contribution in [0.2, 0.25) is 0 Å². The lowest BCUT2D eigenvalue weighted by Crippen LogP contribution is -2.46. The molecule has 0 bridgehead atoms. The van der Waals surface area contributed by atoms with Gasteiger partial charge in [-0.3, -0.25) is 9.88 Å². The van der Waals surface area contributed by atoms with Gasteiger partial charge in [0.25, 0.3) is 0 Å². The molecule has 2 atom stereocenters. The third kappa shape index (κ3) is 2.86. The fourth-order valence-corrected chi connectivity index (χ4v) is 4.11. The van der Waals surface area contributed by atoms with Crippen molar-refractivity contribution in [1.29, 1.82) is 0 Å². The first-order chi connectivity index (χ1) is 9.75. The standard InChI is InChI=1S/C16H23N3S/c17-16(20)15-13(6-3-9-18-15)11-19-10-4-7-12-5-1-2-8-14(12)19/h3,6,9,12,14H,1-2,4-5,7-8,10-11H2,(H2,17,20)/t12-,14-/m1/s1. The maximum atomic E-state index is 5.80. The van der Waals surface area contributed by atoms with Crippen LogP contribution in [0, 0.1) is 5.92 Å². The van der Waals surface area contributed by atoms with Crippen LogP contribution in [-0.4, -0.2) is 27.5 Å². The molecule has 2 fully saturated rings. The molecule has 0 unspecified atom stereocenters. The van der Waals surface area contributed by atoms with E-state index in [9.17, 15) is 0 Å². The van der Waals surface area contributed by atoms with Crippen molar-refractivity contribution in [3.8, 4) is 0 Å². The van der Waals surface area contributed by atoms with Gasteiger partial charge in [0.1, 0.15) is 10.7 Å². The first-order valence-electron chi connectivity index (χ1n) is 7.73. The smallest absolute Gasteiger partial charge is 0.123 e. The minimum Gasteiger partial charge on any atom is -0.388 e. The van der Waals surface area contributed by atoms with Crippen LogP contribution < -0.4 is 5.73 Å². The number of aromatic nitrogens is 1. The van der Waals surface area contributed by atoms with Crippen molar-refractivity contribution in [1.82, 2.24) is 9.88 Å². The lowest BCUT2D eigenvalue weighted by Gasteiger charge is -2.44. The molecule has 2 heterocycles. The van der Waals surface area contributed by atoms with E-state index in [0.717, 1.165) is 24.2 Å². The summed E-state index contributed by atoms with van der Waals surface area (Å²) in [6.07, 6.45) is 10.1. The molecular weight excluding hydrogens is 266 g/mol. The topological polar surface area (TPSA) is 42.1 Å². The number of nitrogens with two attached hydrogens (primary N) is 1. The number of hydrogen-bond acceptors (Lipinski definition) is 3. The van der Waals surface area contributed by atoms with Crippen molar-refractivity contribution in [2.24, 2.45) is 11.7 Å². The van der Waals surface area contributed by atoms with Crippen molar-refractivity contribution in [2.75, 3.05) is 6.54 Å². The molecule has 1 saturated heterocycles. The summed E-state index contributed by atoms with van der Waals surface area (Å²) in [6.45, 7) is 2.15. The number of likely N-dealkylation sites (tertiary alicyclic amines) is 1. The Balaban J connectivity index is 1.78. The van der Waals surface area contributed by atoms with Crippen molar-refractivity contribution in [3.63, 3.8) is 0 Å². The van der Waals surface area contributed by atoms with Crippen LogP contribution in [0.5, 0.6) is 0 Å². The molecule has 1 aromatic heterocycles. The third-order valence-corrected chi connectivity index (χ3v) is 5.05. The van der Waals surface area contributed by atoms with E-state index in [0.29, 0.717) is 4.99 Å². The molecule has 1 aliphatic heterocycles. The summed E-state index contributed by atoms with van der Waals surface area (Å²) in [5.74, 6) is 0.905. The highest BCUT2D eigenvalue weighted by atomic mass is 32.1. The summed E-state index contributed by atoms with van der Waals surface area (Å²) in [6, 6.07) is 4.87. The summed E-state index contributed by atoms with van der Waals surface area (Å²) < 4.78 is 0. The second-order valence-corrected chi connectivity index (χ2v) is 6.54. The van der Waals surface area contributed by atoms with Gasteiger partial charge in [0, 0.05) is 18.8 Å². The van der Waals surface area contributed by atoms with Crippen molar-refractivity contribution in [2.45, 2.75) is 51.1 Å². The number of nitrogens with zero attached hydrogens (tertiary/aromatic N) is 2. The molecule has 0 amide bonds. The average Bonchev–Trinajstić information content (AvgIpc) is 2.48. The van der Waals surface area contributed by atoms with E-state index in [4.69, 9.17) is 18.0 Å². The van der Waals surface area contributed by atoms with Gasteiger partial charge in [0.15, 0.2) is 0 Å². The van der Waals surface area contributed by atoms with Crippen molar-refractivity contribution < 1.29 is 0 Å². The van der Waals surface area contributed by atoms with Crippen LogP contribution in [0.4, 0.5) is 0 Å². The quantitative estimate of drug-likeness (QED) is 0.869. The third-order valence-electron chi connectivity index (χ3n) is 4.86. The summed E-state index contributed by atoms with van der Waals surface area (Å²) >= 11 is 5.13. The Hall–Kier alpha value is -1.00. The van der Waals surface area contributed by atoms with Gasteiger partial charge in [-0.15, -0.1) is 0 Å². The second kappa shape index (κ2) is 6.19. The zero-order valence-corrected chi connectivity index (χ0v) is 12.7. The average molecular weight is 289 g/mol. The Labute approximate surface area is 126 Å². The highest BCUT2D eigenvalue weighted by Crippen LogP contribution is 2.36. The van der Waals surface area contributed by atoms with Crippen LogP contribution >= 0.6 is 12.2 Å². The molecule has 1 aliphatic carbocycles. The number of thiocarbonyl (C=S) groups is 1. The predicted molar refractivity (Wildman–Crippen MR) is 85.5 cm³/mol. The molecule has 0 spiro atoms. The van der Waals surface area contributed by atoms with Crippen LogP contribution in [0.25, 0.3) is 0 Å². The van der Waals surface area contributed by atoms with E-state index in [-0.39, 0.29) is 0 Å². The molecule has 1 saturated carbocycles. The van der Waals surface area contributed by atoms with E-state index in [1.54, 1.807) is 6.20 Å². The Kier molecular flexibility index (Phi) is 4.32. The van der Waals surface area contributed by atoms with Crippen LogP contribution in [0.15, 0.2) is 18.3 Å². The maximum absolute atomic E-state index is 5.80. The molecule has 108 valence electrons. The molecule has 0 aromatic carbocycles. The molecule has 20 heavy (non-hydrogen) atoms. The van der Waals surface area contributed by atoms with Crippen LogP contribution in [0.1, 0.15) is 49.8 Å². The number of hydrogen-bond donors (Lipinski definition) is 1. The van der Waals surface area contributed by atoms with E-state index >= 15 is 0 Å². The lowest BCUT2D eigenvalue weighted by molar-refractivity contribution is 0.0546. The summed E-state index contributed by atoms with van der Waals surface area (Å²) in [5, 5.41) is 0. The number of piperidine rings is 1. The van der Waals surface area contributed by atoms with Gasteiger partial charge in [-0.2, -0.15) is 0 Å². The highest BCUT2D eigenvalue weighted by Gasteiger charge is 2.33. The largest absolute Gasteiger partial charge is 0.388 e. The second-order valence-electron chi connectivity index (χ2n) is 6.10. The Morgan fingerprint density at radius 2 is 2.10 bits per heavy atom. The van der Waals surface area contributed by atoms with E-state index in [2.05, 4.69) is 16.0 Å². The number of pyridine rings is 1. The van der Waals surface area contributed by atoms with Gasteiger partial charge in [-0.05, 0) is 49.8 Å². The van der Waals surface area contributed by atoms with Gasteiger partial charge < -0.3 is 5.73 Å². The first kappa shape index (κ1) is 14.0. The van der Waals surface area contributed by atoms with E-state index in [1.807, 2.05) is 6.07 Å². The van der Waals surface area contributed by atoms with Crippen LogP contribution in [-0.2, 0) is 6.54 Å². The monoisotopic (exact) mass is 289 g/mol. The van der Waals surface area contributed by atoms with Crippen molar-refractivity contribution in [3.05, 3.63) is 29.6 Å². The van der Waals surface area contributed by atoms with Crippen LogP contribution in [0.3, 0.4) is 0 Å². The van der Waals surface area contributed by atoms with Gasteiger partial charge in [-0.25, -0.2) is 0 Å². The molecule has 1 aromatic rings. The summed E-state index contributed by atoms with van der Waals surface area (Å²) in [5.41, 5.74) is 7.79. The van der Waals surface area contributed by atoms with E-state index < -0.39 is 0 Å². The van der Waals surface area contributed by atoms with Gasteiger partial charge in [0.05, 0.1) is 0 Å². The zero-order chi connectivity index (χ0) is 13.9. The predicted octanol–water partition coefficient (Wildman–Crippen LogP) is 2.87. The highest BCUT2D eigenvalue weighted by molar-refractivity contribution is 7.80. The number of rotatable bonds is 3. The molecule has 4 heteroatoms. The SMILES string of the molecule is NC(=S)c1ncccc1CN1CCC[C@H]2CCCC[C@H]21. The summed E-state index contributed by atoms with van der Waals surface area (Å²) in [4.78, 5) is 7.41. The normalized spacial score (nSPS) is 27.0. The maximum Gasteiger partial charge on any atom is 0.123 e. The first-order valence-corrected chi connectivity index (χ1v) is 8.14. The minimum absolute atomic E-state index is 0.415. The van der Waals surface area contributed by atoms with Crippen molar-refractivity contribution >= 4 is 17.2 Å². The minimum atomic E-state index is 0.415. The summed E-state index contributed by atoms with van der Waals surface area (Å²) in [7, 11) is 0. The molecular formula is C16H23N3S. The lowest BCUT2D eigenvalue weighted by atomic mass is 9.78. The van der Waals surface area contributed by atoms with Gasteiger partial charge >= 0.3 is 0 Å². The number of fused-ring (bicyclic) bond motifs is 1. The Morgan fingerprint density at radius 3 is 2.95 bits per heavy atom. The Morgan fingerprint density at radius 1 is 1.30 bits per heavy atom. The molecule has 3 nitrogen and oxygen atoms in total. The molecule has 2 N–H and O–H groups in total. The molecule has 3 rings (SSSR count). The van der Waals surface area contributed by atoms with E-state index in [1.165, 1.54) is 50.6 Å². The fourth-order valence-electron chi connectivity index (χ4n) is 3.93. The molecule has 2 aliphatic rings. The Bertz CT molecular complexity index is 486. The van der Waals surface area contributed by atoms with Gasteiger partial charge in [0.2, 0.25) is 0 Å².